The average molecular weight is 508 g/mol. The summed E-state index contributed by atoms with van der Waals surface area (Å²) in [5.74, 6) is -27.7. The lowest BCUT2D eigenvalue weighted by molar-refractivity contribution is -0.416. The van der Waals surface area contributed by atoms with Crippen LogP contribution in [0, 0.1) is 0 Å². The van der Waals surface area contributed by atoms with Gasteiger partial charge in [0.05, 0.1) is 0 Å². The van der Waals surface area contributed by atoms with Crippen LogP contribution in [0.15, 0.2) is 9.66 Å². The van der Waals surface area contributed by atoms with E-state index in [9.17, 15) is 48.3 Å². The number of allylic oxidation sites excluding steroid dienone is 2. The van der Waals surface area contributed by atoms with Crippen molar-refractivity contribution in [3.63, 3.8) is 0 Å². The standard InChI is InChI=1S/C12H12F11IO/c13-8(14,6-7(24)4-2-1-3-5-25)9(15,16)10(17,18)11(19,20)12(21,22)23/h6,25H,1-5H2. The Morgan fingerprint density at radius 1 is 0.720 bits per heavy atom. The molecule has 150 valence electrons. The third kappa shape index (κ3) is 5.10. The van der Waals surface area contributed by atoms with Crippen LogP contribution in [0.5, 0.6) is 0 Å². The summed E-state index contributed by atoms with van der Waals surface area (Å²) in [5, 5.41) is 8.47. The minimum atomic E-state index is -7.38. The first-order valence-corrected chi connectivity index (χ1v) is 7.59. The van der Waals surface area contributed by atoms with Gasteiger partial charge in [-0.3, -0.25) is 0 Å². The summed E-state index contributed by atoms with van der Waals surface area (Å²) in [5.41, 5.74) is 0. The fourth-order valence-electron chi connectivity index (χ4n) is 1.53. The molecule has 0 heterocycles. The van der Waals surface area contributed by atoms with Gasteiger partial charge in [0.1, 0.15) is 0 Å². The third-order valence-corrected chi connectivity index (χ3v) is 3.83. The predicted molar refractivity (Wildman–Crippen MR) is 73.5 cm³/mol. The van der Waals surface area contributed by atoms with Gasteiger partial charge in [-0.05, 0) is 45.4 Å². The number of aliphatic hydroxyl groups is 1. The molecule has 0 atom stereocenters. The van der Waals surface area contributed by atoms with Crippen LogP contribution in [0.1, 0.15) is 25.7 Å². The summed E-state index contributed by atoms with van der Waals surface area (Å²) in [6, 6.07) is 0. The topological polar surface area (TPSA) is 20.2 Å². The van der Waals surface area contributed by atoms with Gasteiger partial charge < -0.3 is 5.11 Å². The predicted octanol–water partition coefficient (Wildman–Crippen LogP) is 5.96. The summed E-state index contributed by atoms with van der Waals surface area (Å²) in [6.45, 7) is -0.243. The first kappa shape index (κ1) is 24.7. The van der Waals surface area contributed by atoms with Crippen molar-refractivity contribution in [3.05, 3.63) is 9.66 Å². The third-order valence-electron chi connectivity index (χ3n) is 2.97. The number of unbranched alkanes of at least 4 members (excludes halogenated alkanes) is 2. The normalized spacial score (nSPS) is 15.6. The SMILES string of the molecule is OCCCCCC(I)=CC(F)(F)C(F)(F)C(F)(F)C(F)(F)C(F)(F)F. The molecule has 13 heteroatoms. The van der Waals surface area contributed by atoms with Crippen molar-refractivity contribution in [2.45, 2.75) is 55.5 Å². The van der Waals surface area contributed by atoms with E-state index in [4.69, 9.17) is 5.11 Å². The Labute approximate surface area is 148 Å². The minimum Gasteiger partial charge on any atom is -0.396 e. The van der Waals surface area contributed by atoms with Gasteiger partial charge in [0.25, 0.3) is 0 Å². The highest BCUT2D eigenvalue weighted by Gasteiger charge is 2.86. The summed E-state index contributed by atoms with van der Waals surface area (Å²) < 4.78 is 140. The molecule has 1 nitrogen and oxygen atoms in total. The van der Waals surface area contributed by atoms with Gasteiger partial charge in [-0.1, -0.05) is 6.42 Å². The molecule has 0 aliphatic heterocycles. The summed E-state index contributed by atoms with van der Waals surface area (Å²) in [4.78, 5) is 0. The number of rotatable bonds is 9. The highest BCUT2D eigenvalue weighted by molar-refractivity contribution is 14.1. The van der Waals surface area contributed by atoms with Crippen molar-refractivity contribution in [1.29, 1.82) is 0 Å². The van der Waals surface area contributed by atoms with Crippen molar-refractivity contribution in [2.24, 2.45) is 0 Å². The van der Waals surface area contributed by atoms with E-state index in [0.717, 1.165) is 22.6 Å². The zero-order chi connectivity index (χ0) is 20.3. The molecule has 0 saturated carbocycles. The molecule has 0 aromatic rings. The van der Waals surface area contributed by atoms with E-state index in [1.807, 2.05) is 0 Å². The molecule has 0 aliphatic carbocycles. The molecule has 0 aromatic heterocycles. The molecule has 25 heavy (non-hydrogen) atoms. The van der Waals surface area contributed by atoms with Gasteiger partial charge in [0, 0.05) is 12.7 Å². The maximum Gasteiger partial charge on any atom is 0.460 e. The lowest BCUT2D eigenvalue weighted by Gasteiger charge is -2.36. The maximum atomic E-state index is 13.4. The van der Waals surface area contributed by atoms with Gasteiger partial charge in [0.2, 0.25) is 0 Å². The molecule has 0 bridgehead atoms. The second-order valence-electron chi connectivity index (χ2n) is 4.97. The summed E-state index contributed by atoms with van der Waals surface area (Å²) in [6.07, 6.45) is -7.67. The van der Waals surface area contributed by atoms with Gasteiger partial charge in [0.15, 0.2) is 0 Å². The molecule has 1 N–H and O–H groups in total. The molecule has 0 rings (SSSR count). The first-order chi connectivity index (χ1) is 11.0. The minimum absolute atomic E-state index is 0.0755. The van der Waals surface area contributed by atoms with Gasteiger partial charge >= 0.3 is 29.9 Å². The number of alkyl halides is 11. The lowest BCUT2D eigenvalue weighted by atomic mass is 9.97. The van der Waals surface area contributed by atoms with E-state index in [2.05, 4.69) is 0 Å². The fourth-order valence-corrected chi connectivity index (χ4v) is 2.30. The molecule has 0 aromatic carbocycles. The van der Waals surface area contributed by atoms with Crippen LogP contribution in [-0.4, -0.2) is 41.6 Å². The Bertz CT molecular complexity index is 470. The Morgan fingerprint density at radius 2 is 1.20 bits per heavy atom. The molecule has 0 saturated heterocycles. The highest BCUT2D eigenvalue weighted by Crippen LogP contribution is 2.57. The quantitative estimate of drug-likeness (QED) is 0.232. The maximum absolute atomic E-state index is 13.4. The van der Waals surface area contributed by atoms with Crippen molar-refractivity contribution >= 4 is 22.6 Å². The van der Waals surface area contributed by atoms with Gasteiger partial charge in [-0.15, -0.1) is 0 Å². The lowest BCUT2D eigenvalue weighted by Crippen LogP contribution is -2.66. The van der Waals surface area contributed by atoms with E-state index in [0.29, 0.717) is 0 Å². The molecule has 0 fully saturated rings. The van der Waals surface area contributed by atoms with E-state index < -0.39 is 39.5 Å². The van der Waals surface area contributed by atoms with Crippen LogP contribution in [0.25, 0.3) is 0 Å². The first-order valence-electron chi connectivity index (χ1n) is 6.51. The second kappa shape index (κ2) is 8.13. The number of hydrogen-bond donors (Lipinski definition) is 1. The number of aliphatic hydroxyl groups excluding tert-OH is 1. The molecule has 0 radical (unpaired) electrons. The number of halogens is 12. The van der Waals surface area contributed by atoms with Crippen LogP contribution in [0.4, 0.5) is 48.3 Å². The Kier molecular flexibility index (Phi) is 8.02. The second-order valence-corrected chi connectivity index (χ2v) is 6.35. The summed E-state index contributed by atoms with van der Waals surface area (Å²) >= 11 is 1.05. The fraction of sp³-hybridized carbons (Fsp3) is 0.833. The Hall–Kier alpha value is -0.340. The zero-order valence-electron chi connectivity index (χ0n) is 12.1. The zero-order valence-corrected chi connectivity index (χ0v) is 14.3. The van der Waals surface area contributed by atoms with E-state index in [1.54, 1.807) is 0 Å². The monoisotopic (exact) mass is 508 g/mol. The van der Waals surface area contributed by atoms with Crippen LogP contribution in [0.2, 0.25) is 0 Å². The molecular formula is C12H12F11IO. The summed E-state index contributed by atoms with van der Waals surface area (Å²) in [7, 11) is 0. The van der Waals surface area contributed by atoms with Crippen molar-refractivity contribution in [3.8, 4) is 0 Å². The van der Waals surface area contributed by atoms with Crippen molar-refractivity contribution < 1.29 is 53.4 Å². The van der Waals surface area contributed by atoms with Crippen molar-refractivity contribution in [1.82, 2.24) is 0 Å². The molecule has 0 amide bonds. The number of hydrogen-bond acceptors (Lipinski definition) is 1. The van der Waals surface area contributed by atoms with E-state index in [-0.39, 0.29) is 32.3 Å². The smallest absolute Gasteiger partial charge is 0.396 e. The highest BCUT2D eigenvalue weighted by atomic mass is 127. The molecule has 0 unspecified atom stereocenters. The molecule has 0 spiro atoms. The van der Waals surface area contributed by atoms with Gasteiger partial charge in [-0.2, -0.15) is 48.3 Å². The van der Waals surface area contributed by atoms with Crippen LogP contribution in [-0.2, 0) is 0 Å². The molecule has 0 aliphatic rings. The largest absolute Gasteiger partial charge is 0.460 e. The van der Waals surface area contributed by atoms with Crippen LogP contribution in [0.3, 0.4) is 0 Å². The van der Waals surface area contributed by atoms with Crippen molar-refractivity contribution in [2.75, 3.05) is 6.61 Å². The van der Waals surface area contributed by atoms with Gasteiger partial charge in [-0.25, -0.2) is 0 Å². The van der Waals surface area contributed by atoms with E-state index in [1.165, 1.54) is 0 Å². The molecular weight excluding hydrogens is 496 g/mol. The van der Waals surface area contributed by atoms with Crippen LogP contribution >= 0.6 is 22.6 Å². The van der Waals surface area contributed by atoms with Crippen LogP contribution < -0.4 is 0 Å². The Balaban J connectivity index is 5.58. The Morgan fingerprint density at radius 3 is 1.60 bits per heavy atom. The average Bonchev–Trinajstić information content (AvgIpc) is 2.41. The van der Waals surface area contributed by atoms with E-state index >= 15 is 0 Å².